The topological polar surface area (TPSA) is 66.2 Å². The number of halogens is 3. The van der Waals surface area contributed by atoms with Crippen LogP contribution in [0.4, 0.5) is 24.9 Å². The Balaban J connectivity index is 1.36. The lowest BCUT2D eigenvalue weighted by atomic mass is 9.84. The SMILES string of the molecule is Cc1nnc2n1-c1cnc(N3C=CN(C)C3c3ccc(F)cc3)nc1N(C1CC(F)(F)C1)[C@]21C[C@@H]1C. The second kappa shape index (κ2) is 6.98. The van der Waals surface area contributed by atoms with Crippen molar-refractivity contribution in [3.05, 3.63) is 65.9 Å². The van der Waals surface area contributed by atoms with Gasteiger partial charge in [-0.25, -0.2) is 18.2 Å². The maximum atomic E-state index is 14.1. The third-order valence-electron chi connectivity index (χ3n) is 8.07. The highest BCUT2D eigenvalue weighted by molar-refractivity contribution is 5.68. The molecule has 2 aliphatic carbocycles. The monoisotopic (exact) mass is 494 g/mol. The van der Waals surface area contributed by atoms with E-state index in [1.54, 1.807) is 18.3 Å². The molecule has 4 heterocycles. The van der Waals surface area contributed by atoms with Gasteiger partial charge in [-0.3, -0.25) is 9.47 Å². The standard InChI is InChI=1S/C25H25F3N8/c1-14-10-25(14)22-32-31-15(2)35(22)19-13-29-23(30-20(19)36(25)18-11-24(27,28)12-18)34-9-8-33(3)21(34)16-4-6-17(26)7-5-16/h4-9,13-14,18,21H,10-12H2,1-3H3/t14-,21?,25-/m0/s1. The maximum Gasteiger partial charge on any atom is 0.252 e. The zero-order chi connectivity index (χ0) is 25.0. The zero-order valence-corrected chi connectivity index (χ0v) is 20.1. The quantitative estimate of drug-likeness (QED) is 0.539. The highest BCUT2D eigenvalue weighted by Gasteiger charge is 2.67. The van der Waals surface area contributed by atoms with E-state index >= 15 is 0 Å². The van der Waals surface area contributed by atoms with Crippen LogP contribution in [0, 0.1) is 18.7 Å². The number of aromatic nitrogens is 5. The molecule has 11 heteroatoms. The molecule has 36 heavy (non-hydrogen) atoms. The van der Waals surface area contributed by atoms with Crippen molar-refractivity contribution in [1.82, 2.24) is 29.6 Å². The molecule has 8 nitrogen and oxygen atoms in total. The highest BCUT2D eigenvalue weighted by atomic mass is 19.3. The van der Waals surface area contributed by atoms with E-state index < -0.39 is 11.5 Å². The zero-order valence-electron chi connectivity index (χ0n) is 20.1. The van der Waals surface area contributed by atoms with Gasteiger partial charge in [0.1, 0.15) is 29.0 Å². The van der Waals surface area contributed by atoms with Crippen LogP contribution in [0.5, 0.6) is 0 Å². The summed E-state index contributed by atoms with van der Waals surface area (Å²) in [6.07, 6.45) is 5.63. The molecule has 0 bridgehead atoms. The summed E-state index contributed by atoms with van der Waals surface area (Å²) in [4.78, 5) is 15.7. The van der Waals surface area contributed by atoms with Gasteiger partial charge in [0.15, 0.2) is 11.6 Å². The van der Waals surface area contributed by atoms with Gasteiger partial charge in [0.05, 0.1) is 6.20 Å². The van der Waals surface area contributed by atoms with Crippen molar-refractivity contribution in [2.24, 2.45) is 5.92 Å². The smallest absolute Gasteiger partial charge is 0.252 e. The number of hydrogen-bond donors (Lipinski definition) is 0. The Morgan fingerprint density at radius 1 is 1.03 bits per heavy atom. The summed E-state index contributed by atoms with van der Waals surface area (Å²) in [5.74, 6) is -0.194. The van der Waals surface area contributed by atoms with Gasteiger partial charge in [-0.2, -0.15) is 4.98 Å². The minimum Gasteiger partial charge on any atom is -0.355 e. The second-order valence-electron chi connectivity index (χ2n) is 10.4. The molecule has 186 valence electrons. The molecule has 0 amide bonds. The molecular formula is C25H25F3N8. The Morgan fingerprint density at radius 2 is 1.75 bits per heavy atom. The van der Waals surface area contributed by atoms with Gasteiger partial charge in [0.25, 0.3) is 5.92 Å². The number of hydrogen-bond acceptors (Lipinski definition) is 7. The van der Waals surface area contributed by atoms with Crippen LogP contribution in [-0.2, 0) is 5.54 Å². The van der Waals surface area contributed by atoms with Crippen molar-refractivity contribution in [2.45, 2.75) is 56.8 Å². The number of fused-ring (bicyclic) bond motifs is 4. The number of aryl methyl sites for hydroxylation is 1. The predicted octanol–water partition coefficient (Wildman–Crippen LogP) is 4.28. The van der Waals surface area contributed by atoms with Crippen molar-refractivity contribution >= 4 is 11.8 Å². The van der Waals surface area contributed by atoms with E-state index in [0.717, 1.165) is 17.8 Å². The molecule has 1 unspecified atom stereocenters. The summed E-state index contributed by atoms with van der Waals surface area (Å²) in [5.41, 5.74) is 1.07. The van der Waals surface area contributed by atoms with E-state index in [2.05, 4.69) is 27.0 Å². The summed E-state index contributed by atoms with van der Waals surface area (Å²) < 4.78 is 43.7. The third kappa shape index (κ3) is 2.82. The average Bonchev–Trinajstić information content (AvgIpc) is 3.13. The lowest BCUT2D eigenvalue weighted by molar-refractivity contribution is -0.0886. The predicted molar refractivity (Wildman–Crippen MR) is 126 cm³/mol. The van der Waals surface area contributed by atoms with Crippen LogP contribution in [0.25, 0.3) is 5.69 Å². The molecule has 4 aliphatic rings. The van der Waals surface area contributed by atoms with Gasteiger partial charge < -0.3 is 9.80 Å². The molecule has 2 saturated carbocycles. The Labute approximate surface area is 206 Å². The number of rotatable bonds is 3. The van der Waals surface area contributed by atoms with Gasteiger partial charge in [0, 0.05) is 38.3 Å². The van der Waals surface area contributed by atoms with E-state index in [0.29, 0.717) is 23.3 Å². The lowest BCUT2D eigenvalue weighted by Crippen LogP contribution is -2.57. The first kappa shape index (κ1) is 21.6. The molecule has 7 rings (SSSR count). The van der Waals surface area contributed by atoms with Gasteiger partial charge in [0.2, 0.25) is 5.95 Å². The van der Waals surface area contributed by atoms with Gasteiger partial charge in [-0.05, 0) is 37.0 Å². The molecule has 0 saturated heterocycles. The fourth-order valence-electron chi connectivity index (χ4n) is 6.15. The molecule has 3 aromatic rings. The molecule has 3 atom stereocenters. The van der Waals surface area contributed by atoms with Gasteiger partial charge in [-0.15, -0.1) is 10.2 Å². The minimum absolute atomic E-state index is 0.210. The summed E-state index contributed by atoms with van der Waals surface area (Å²) in [6.45, 7) is 4.00. The number of nitrogens with zero attached hydrogens (tertiary/aromatic N) is 8. The summed E-state index contributed by atoms with van der Waals surface area (Å²) >= 11 is 0. The summed E-state index contributed by atoms with van der Waals surface area (Å²) in [7, 11) is 1.93. The van der Waals surface area contributed by atoms with E-state index in [1.807, 2.05) is 40.7 Å². The van der Waals surface area contributed by atoms with Crippen LogP contribution in [-0.4, -0.2) is 48.6 Å². The molecule has 0 N–H and O–H groups in total. The van der Waals surface area contributed by atoms with Gasteiger partial charge >= 0.3 is 0 Å². The fourth-order valence-corrected chi connectivity index (χ4v) is 6.15. The van der Waals surface area contributed by atoms with Crippen LogP contribution in [0.1, 0.15) is 49.6 Å². The van der Waals surface area contributed by atoms with E-state index in [9.17, 15) is 13.2 Å². The summed E-state index contributed by atoms with van der Waals surface area (Å²) in [6, 6.07) is 6.00. The number of benzene rings is 1. The van der Waals surface area contributed by atoms with Crippen LogP contribution < -0.4 is 9.80 Å². The third-order valence-corrected chi connectivity index (χ3v) is 8.07. The molecule has 2 aromatic heterocycles. The van der Waals surface area contributed by atoms with Crippen molar-refractivity contribution in [3.8, 4) is 5.69 Å². The highest BCUT2D eigenvalue weighted by Crippen LogP contribution is 2.63. The Morgan fingerprint density at radius 3 is 2.42 bits per heavy atom. The van der Waals surface area contributed by atoms with Gasteiger partial charge in [-0.1, -0.05) is 19.1 Å². The summed E-state index contributed by atoms with van der Waals surface area (Å²) in [5, 5.41) is 8.81. The molecular weight excluding hydrogens is 469 g/mol. The van der Waals surface area contributed by atoms with E-state index in [-0.39, 0.29) is 36.8 Å². The number of anilines is 2. The van der Waals surface area contributed by atoms with E-state index in [1.165, 1.54) is 12.1 Å². The van der Waals surface area contributed by atoms with Crippen molar-refractivity contribution in [1.29, 1.82) is 0 Å². The Hall–Kier alpha value is -3.63. The molecule has 0 radical (unpaired) electrons. The largest absolute Gasteiger partial charge is 0.355 e. The molecule has 2 fully saturated rings. The van der Waals surface area contributed by atoms with Crippen LogP contribution >= 0.6 is 0 Å². The lowest BCUT2D eigenvalue weighted by Gasteiger charge is -2.49. The fraction of sp³-hybridized carbons (Fsp3) is 0.440. The van der Waals surface area contributed by atoms with Crippen molar-refractivity contribution < 1.29 is 13.2 Å². The molecule has 1 aromatic carbocycles. The molecule has 1 spiro atoms. The van der Waals surface area contributed by atoms with Crippen molar-refractivity contribution in [2.75, 3.05) is 16.8 Å². The van der Waals surface area contributed by atoms with Crippen LogP contribution in [0.3, 0.4) is 0 Å². The average molecular weight is 495 g/mol. The first-order chi connectivity index (χ1) is 17.2. The first-order valence-electron chi connectivity index (χ1n) is 12.1. The molecule has 2 aliphatic heterocycles. The van der Waals surface area contributed by atoms with Crippen molar-refractivity contribution in [3.63, 3.8) is 0 Å². The normalized spacial score (nSPS) is 27.9. The van der Waals surface area contributed by atoms with Crippen LogP contribution in [0.2, 0.25) is 0 Å². The number of alkyl halides is 2. The Kier molecular flexibility index (Phi) is 4.20. The van der Waals surface area contributed by atoms with E-state index in [4.69, 9.17) is 4.98 Å². The second-order valence-corrected chi connectivity index (χ2v) is 10.4. The van der Waals surface area contributed by atoms with Crippen LogP contribution in [0.15, 0.2) is 42.9 Å². The first-order valence-corrected chi connectivity index (χ1v) is 12.1. The maximum absolute atomic E-state index is 14.1. The minimum atomic E-state index is -2.67. The Bertz CT molecular complexity index is 1390.